The Hall–Kier alpha value is -3.48. The Kier molecular flexibility index (Phi) is 11.1. The van der Waals surface area contributed by atoms with Crippen LogP contribution in [0.2, 0.25) is 0 Å². The van der Waals surface area contributed by atoms with Crippen molar-refractivity contribution >= 4 is 33.4 Å². The zero-order valence-electron chi connectivity index (χ0n) is 23.5. The van der Waals surface area contributed by atoms with Gasteiger partial charge in [0.2, 0.25) is 0 Å². The van der Waals surface area contributed by atoms with Crippen molar-refractivity contribution in [3.63, 3.8) is 0 Å². The van der Waals surface area contributed by atoms with Crippen molar-refractivity contribution in [3.8, 4) is 11.5 Å². The first kappa shape index (κ1) is 31.1. The lowest BCUT2D eigenvalue weighted by molar-refractivity contribution is 0.0740. The standard InChI is InChI=1S/C28H36N4O6S2/c1-6-37-23-16-22(17-24(18-23)38-7-2)28(34)32(15-11-14-21-12-9-8-10-13-21)19-25-29-26(20(3)39-25)27(33)30-40(35,36)31(4)5/h8-10,12-13,16-18H,6-7,11,14-15,19H2,1-5H3,(H,30,33). The third kappa shape index (κ3) is 8.51. The van der Waals surface area contributed by atoms with Crippen LogP contribution in [-0.4, -0.2) is 68.3 Å². The predicted octanol–water partition coefficient (Wildman–Crippen LogP) is 4.06. The molecule has 0 aliphatic rings. The molecule has 0 unspecified atom stereocenters. The van der Waals surface area contributed by atoms with Gasteiger partial charge in [0, 0.05) is 37.1 Å². The van der Waals surface area contributed by atoms with Crippen molar-refractivity contribution in [1.29, 1.82) is 0 Å². The monoisotopic (exact) mass is 588 g/mol. The Bertz CT molecular complexity index is 1380. The first-order valence-electron chi connectivity index (χ1n) is 13.0. The van der Waals surface area contributed by atoms with E-state index in [2.05, 4.69) is 4.98 Å². The minimum Gasteiger partial charge on any atom is -0.494 e. The molecule has 3 rings (SSSR count). The van der Waals surface area contributed by atoms with E-state index in [1.807, 2.05) is 48.9 Å². The lowest BCUT2D eigenvalue weighted by Gasteiger charge is -2.22. The summed E-state index contributed by atoms with van der Waals surface area (Å²) in [6.45, 7) is 6.90. The summed E-state index contributed by atoms with van der Waals surface area (Å²) in [5.41, 5.74) is 1.59. The maximum atomic E-state index is 13.8. The lowest BCUT2D eigenvalue weighted by atomic mass is 10.1. The molecule has 1 heterocycles. The summed E-state index contributed by atoms with van der Waals surface area (Å²) in [4.78, 5) is 33.1. The third-order valence-electron chi connectivity index (χ3n) is 5.86. The number of aryl methyl sites for hydroxylation is 2. The zero-order chi connectivity index (χ0) is 29.3. The number of carbonyl (C=O) groups is 2. The van der Waals surface area contributed by atoms with Crippen molar-refractivity contribution in [2.75, 3.05) is 33.9 Å². The van der Waals surface area contributed by atoms with Gasteiger partial charge in [0.1, 0.15) is 22.2 Å². The summed E-state index contributed by atoms with van der Waals surface area (Å²) in [5, 5.41) is 0.518. The van der Waals surface area contributed by atoms with Crippen LogP contribution in [0.25, 0.3) is 0 Å². The fourth-order valence-electron chi connectivity index (χ4n) is 3.90. The first-order chi connectivity index (χ1) is 19.0. The van der Waals surface area contributed by atoms with Crippen molar-refractivity contribution in [2.45, 2.75) is 40.2 Å². The minimum atomic E-state index is -3.97. The van der Waals surface area contributed by atoms with Crippen LogP contribution in [0.15, 0.2) is 48.5 Å². The Morgan fingerprint density at radius 3 is 2.20 bits per heavy atom. The van der Waals surface area contributed by atoms with Crippen molar-refractivity contribution in [3.05, 3.63) is 75.2 Å². The van der Waals surface area contributed by atoms with Gasteiger partial charge >= 0.3 is 10.2 Å². The molecule has 0 radical (unpaired) electrons. The second-order valence-corrected chi connectivity index (χ2v) is 12.3. The molecular weight excluding hydrogens is 552 g/mol. The SMILES string of the molecule is CCOc1cc(OCC)cc(C(=O)N(CCCc2ccccc2)Cc2nc(C(=O)NS(=O)(=O)N(C)C)c(C)s2)c1. The fraction of sp³-hybridized carbons (Fsp3) is 0.393. The molecule has 2 aromatic carbocycles. The van der Waals surface area contributed by atoms with E-state index in [0.717, 1.165) is 16.3 Å². The Morgan fingerprint density at radius 2 is 1.62 bits per heavy atom. The number of thiazole rings is 1. The van der Waals surface area contributed by atoms with Gasteiger partial charge in [-0.1, -0.05) is 30.3 Å². The molecule has 0 aliphatic carbocycles. The van der Waals surface area contributed by atoms with E-state index in [4.69, 9.17) is 9.47 Å². The highest BCUT2D eigenvalue weighted by Crippen LogP contribution is 2.26. The van der Waals surface area contributed by atoms with Crippen LogP contribution >= 0.6 is 11.3 Å². The van der Waals surface area contributed by atoms with Gasteiger partial charge in [-0.2, -0.15) is 12.7 Å². The highest BCUT2D eigenvalue weighted by Gasteiger charge is 2.25. The summed E-state index contributed by atoms with van der Waals surface area (Å²) in [7, 11) is -1.32. The topological polar surface area (TPSA) is 118 Å². The second-order valence-electron chi connectivity index (χ2n) is 9.11. The second kappa shape index (κ2) is 14.2. The maximum absolute atomic E-state index is 13.8. The quantitative estimate of drug-likeness (QED) is 0.302. The van der Waals surface area contributed by atoms with Gasteiger partial charge < -0.3 is 14.4 Å². The van der Waals surface area contributed by atoms with Gasteiger partial charge in [0.25, 0.3) is 11.8 Å². The number of nitrogens with one attached hydrogen (secondary N) is 1. The van der Waals surface area contributed by atoms with Crippen LogP contribution in [0.3, 0.4) is 0 Å². The van der Waals surface area contributed by atoms with Gasteiger partial charge in [0.05, 0.1) is 19.8 Å². The number of benzene rings is 2. The molecule has 1 N–H and O–H groups in total. The van der Waals surface area contributed by atoms with Crippen LogP contribution in [0.4, 0.5) is 0 Å². The number of hydrogen-bond acceptors (Lipinski definition) is 8. The number of carbonyl (C=O) groups excluding carboxylic acids is 2. The largest absolute Gasteiger partial charge is 0.494 e. The van der Waals surface area contributed by atoms with E-state index in [1.54, 1.807) is 30.0 Å². The highest BCUT2D eigenvalue weighted by atomic mass is 32.2. The Balaban J connectivity index is 1.88. The average Bonchev–Trinajstić information content (AvgIpc) is 3.28. The van der Waals surface area contributed by atoms with E-state index in [0.29, 0.717) is 53.1 Å². The summed E-state index contributed by atoms with van der Waals surface area (Å²) in [5.74, 6) is 0.0189. The molecule has 0 atom stereocenters. The van der Waals surface area contributed by atoms with E-state index in [9.17, 15) is 18.0 Å². The smallest absolute Gasteiger partial charge is 0.303 e. The highest BCUT2D eigenvalue weighted by molar-refractivity contribution is 7.87. The molecule has 216 valence electrons. The zero-order valence-corrected chi connectivity index (χ0v) is 25.1. The van der Waals surface area contributed by atoms with Crippen molar-refractivity contribution in [1.82, 2.24) is 18.9 Å². The van der Waals surface area contributed by atoms with E-state index >= 15 is 0 Å². The molecule has 0 bridgehead atoms. The van der Waals surface area contributed by atoms with Crippen LogP contribution in [0, 0.1) is 6.92 Å². The molecule has 0 saturated heterocycles. The van der Waals surface area contributed by atoms with E-state index in [-0.39, 0.29) is 18.1 Å². The molecule has 1 aromatic heterocycles. The number of nitrogens with zero attached hydrogens (tertiary/aromatic N) is 3. The summed E-state index contributed by atoms with van der Waals surface area (Å²) >= 11 is 1.25. The van der Waals surface area contributed by atoms with Gasteiger partial charge in [-0.05, 0) is 51.3 Å². The summed E-state index contributed by atoms with van der Waals surface area (Å²) < 4.78 is 38.5. The van der Waals surface area contributed by atoms with Crippen LogP contribution < -0.4 is 14.2 Å². The molecule has 3 aromatic rings. The normalized spacial score (nSPS) is 11.3. The number of rotatable bonds is 14. The maximum Gasteiger partial charge on any atom is 0.303 e. The molecule has 40 heavy (non-hydrogen) atoms. The van der Waals surface area contributed by atoms with Gasteiger partial charge in [-0.3, -0.25) is 9.59 Å². The number of amides is 2. The lowest BCUT2D eigenvalue weighted by Crippen LogP contribution is -2.39. The van der Waals surface area contributed by atoms with Gasteiger partial charge in [0.15, 0.2) is 0 Å². The third-order valence-corrected chi connectivity index (χ3v) is 8.22. The first-order valence-corrected chi connectivity index (χ1v) is 15.2. The number of ether oxygens (including phenoxy) is 2. The molecule has 0 saturated carbocycles. The summed E-state index contributed by atoms with van der Waals surface area (Å²) in [6, 6.07) is 15.1. The number of aromatic nitrogens is 1. The Morgan fingerprint density at radius 1 is 1.00 bits per heavy atom. The van der Waals surface area contributed by atoms with Gasteiger partial charge in [-0.15, -0.1) is 11.3 Å². The molecule has 0 aliphatic heterocycles. The number of hydrogen-bond donors (Lipinski definition) is 1. The van der Waals surface area contributed by atoms with E-state index in [1.165, 1.54) is 25.4 Å². The Labute approximate surface area is 240 Å². The molecule has 0 fully saturated rings. The minimum absolute atomic E-state index is 0.0130. The molecule has 10 nitrogen and oxygen atoms in total. The van der Waals surface area contributed by atoms with Crippen LogP contribution in [-0.2, 0) is 23.2 Å². The fourth-order valence-corrected chi connectivity index (χ4v) is 5.36. The van der Waals surface area contributed by atoms with Crippen LogP contribution in [0.1, 0.15) is 56.6 Å². The van der Waals surface area contributed by atoms with Gasteiger partial charge in [-0.25, -0.2) is 9.71 Å². The van der Waals surface area contributed by atoms with Crippen molar-refractivity contribution in [2.24, 2.45) is 0 Å². The van der Waals surface area contributed by atoms with Crippen molar-refractivity contribution < 1.29 is 27.5 Å². The van der Waals surface area contributed by atoms with Crippen LogP contribution in [0.5, 0.6) is 11.5 Å². The average molecular weight is 589 g/mol. The predicted molar refractivity (Wildman–Crippen MR) is 155 cm³/mol. The summed E-state index contributed by atoms with van der Waals surface area (Å²) in [6.07, 6.45) is 1.48. The molecule has 12 heteroatoms. The van der Waals surface area contributed by atoms with E-state index < -0.39 is 16.1 Å². The molecular formula is C28H36N4O6S2. The molecule has 2 amide bonds. The molecule has 0 spiro atoms.